The summed E-state index contributed by atoms with van der Waals surface area (Å²) in [6.07, 6.45) is 2.62. The minimum Gasteiger partial charge on any atom is -0.478 e. The van der Waals surface area contributed by atoms with Gasteiger partial charge in [0.05, 0.1) is 5.56 Å². The standard InChI is InChI=1S/C14H19NO2/c1-10(11-7-8-11)15(2)9-12-5-3-4-6-13(12)14(16)17/h3-6,10-11H,7-9H2,1-2H3,(H,16,17). The van der Waals surface area contributed by atoms with Gasteiger partial charge in [-0.25, -0.2) is 4.79 Å². The summed E-state index contributed by atoms with van der Waals surface area (Å²) in [6.45, 7) is 2.93. The molecule has 0 heterocycles. The molecule has 1 aliphatic carbocycles. The number of hydrogen-bond donors (Lipinski definition) is 1. The molecule has 1 saturated carbocycles. The summed E-state index contributed by atoms with van der Waals surface area (Å²) in [7, 11) is 2.07. The molecule has 1 aromatic carbocycles. The van der Waals surface area contributed by atoms with E-state index >= 15 is 0 Å². The Hall–Kier alpha value is -1.35. The predicted octanol–water partition coefficient (Wildman–Crippen LogP) is 2.62. The van der Waals surface area contributed by atoms with Gasteiger partial charge in [-0.3, -0.25) is 4.90 Å². The zero-order valence-corrected chi connectivity index (χ0v) is 10.4. The number of carbonyl (C=O) groups is 1. The Morgan fingerprint density at radius 1 is 1.47 bits per heavy atom. The van der Waals surface area contributed by atoms with Gasteiger partial charge in [0, 0.05) is 12.6 Å². The second-order valence-electron chi connectivity index (χ2n) is 4.96. The molecule has 1 N–H and O–H groups in total. The fourth-order valence-electron chi connectivity index (χ4n) is 2.22. The SMILES string of the molecule is CC(C1CC1)N(C)Cc1ccccc1C(=O)O. The zero-order chi connectivity index (χ0) is 12.4. The van der Waals surface area contributed by atoms with Crippen LogP contribution < -0.4 is 0 Å². The molecule has 0 spiro atoms. The lowest BCUT2D eigenvalue weighted by Crippen LogP contribution is -2.30. The minimum absolute atomic E-state index is 0.419. The van der Waals surface area contributed by atoms with Gasteiger partial charge in [0.2, 0.25) is 0 Å². The van der Waals surface area contributed by atoms with E-state index in [0.29, 0.717) is 18.2 Å². The lowest BCUT2D eigenvalue weighted by molar-refractivity contribution is 0.0694. The fourth-order valence-corrected chi connectivity index (χ4v) is 2.22. The number of nitrogens with zero attached hydrogens (tertiary/aromatic N) is 1. The molecular formula is C14H19NO2. The van der Waals surface area contributed by atoms with Crippen LogP contribution in [0.2, 0.25) is 0 Å². The van der Waals surface area contributed by atoms with Crippen LogP contribution in [0.25, 0.3) is 0 Å². The van der Waals surface area contributed by atoms with Gasteiger partial charge in [0.1, 0.15) is 0 Å². The van der Waals surface area contributed by atoms with E-state index in [1.807, 2.05) is 12.1 Å². The highest BCUT2D eigenvalue weighted by Crippen LogP contribution is 2.35. The smallest absolute Gasteiger partial charge is 0.336 e. The van der Waals surface area contributed by atoms with Crippen LogP contribution in [-0.4, -0.2) is 29.1 Å². The van der Waals surface area contributed by atoms with Crippen LogP contribution in [0.4, 0.5) is 0 Å². The van der Waals surface area contributed by atoms with E-state index in [-0.39, 0.29) is 0 Å². The van der Waals surface area contributed by atoms with Crippen molar-refractivity contribution in [2.75, 3.05) is 7.05 Å². The Kier molecular flexibility index (Phi) is 3.48. The van der Waals surface area contributed by atoms with Crippen molar-refractivity contribution in [2.45, 2.75) is 32.4 Å². The zero-order valence-electron chi connectivity index (χ0n) is 10.4. The predicted molar refractivity (Wildman–Crippen MR) is 67.1 cm³/mol. The van der Waals surface area contributed by atoms with Crippen molar-refractivity contribution in [3.8, 4) is 0 Å². The molecule has 1 unspecified atom stereocenters. The maximum Gasteiger partial charge on any atom is 0.336 e. The third-order valence-corrected chi connectivity index (χ3v) is 3.67. The first-order chi connectivity index (χ1) is 8.09. The van der Waals surface area contributed by atoms with Gasteiger partial charge in [0.25, 0.3) is 0 Å². The first-order valence-electron chi connectivity index (χ1n) is 6.11. The lowest BCUT2D eigenvalue weighted by atomic mass is 10.1. The summed E-state index contributed by atoms with van der Waals surface area (Å²) in [5.41, 5.74) is 1.32. The molecular weight excluding hydrogens is 214 g/mol. The van der Waals surface area contributed by atoms with E-state index in [0.717, 1.165) is 11.5 Å². The highest BCUT2D eigenvalue weighted by molar-refractivity contribution is 5.89. The molecule has 1 aliphatic rings. The van der Waals surface area contributed by atoms with Gasteiger partial charge in [-0.15, -0.1) is 0 Å². The highest BCUT2D eigenvalue weighted by Gasteiger charge is 2.30. The van der Waals surface area contributed by atoms with Crippen molar-refractivity contribution < 1.29 is 9.90 Å². The molecule has 92 valence electrons. The van der Waals surface area contributed by atoms with Crippen molar-refractivity contribution in [1.82, 2.24) is 4.90 Å². The molecule has 3 nitrogen and oxygen atoms in total. The Bertz CT molecular complexity index is 412. The van der Waals surface area contributed by atoms with Gasteiger partial charge in [-0.1, -0.05) is 18.2 Å². The van der Waals surface area contributed by atoms with E-state index in [4.69, 9.17) is 5.11 Å². The largest absolute Gasteiger partial charge is 0.478 e. The molecule has 0 radical (unpaired) electrons. The van der Waals surface area contributed by atoms with E-state index < -0.39 is 5.97 Å². The summed E-state index contributed by atoms with van der Waals surface area (Å²) in [5.74, 6) is -0.0370. The Morgan fingerprint density at radius 2 is 2.12 bits per heavy atom. The van der Waals surface area contributed by atoms with Gasteiger partial charge in [0.15, 0.2) is 0 Å². The third-order valence-electron chi connectivity index (χ3n) is 3.67. The van der Waals surface area contributed by atoms with Crippen LogP contribution in [0, 0.1) is 5.92 Å². The highest BCUT2D eigenvalue weighted by atomic mass is 16.4. The van der Waals surface area contributed by atoms with Crippen LogP contribution in [0.1, 0.15) is 35.7 Å². The van der Waals surface area contributed by atoms with Gasteiger partial charge >= 0.3 is 5.97 Å². The minimum atomic E-state index is -0.840. The number of benzene rings is 1. The topological polar surface area (TPSA) is 40.5 Å². The van der Waals surface area contributed by atoms with Gasteiger partial charge in [-0.2, -0.15) is 0 Å². The molecule has 1 fully saturated rings. The van der Waals surface area contributed by atoms with E-state index in [1.54, 1.807) is 12.1 Å². The Labute approximate surface area is 102 Å². The molecule has 0 amide bonds. The Morgan fingerprint density at radius 3 is 2.71 bits per heavy atom. The van der Waals surface area contributed by atoms with Crippen molar-refractivity contribution >= 4 is 5.97 Å². The van der Waals surface area contributed by atoms with Crippen LogP contribution in [-0.2, 0) is 6.54 Å². The second-order valence-corrected chi connectivity index (χ2v) is 4.96. The number of hydrogen-bond acceptors (Lipinski definition) is 2. The normalized spacial score (nSPS) is 17.1. The first-order valence-corrected chi connectivity index (χ1v) is 6.11. The number of carboxylic acid groups (broad SMARTS) is 1. The average Bonchev–Trinajstić information content (AvgIpc) is 3.12. The van der Waals surface area contributed by atoms with Crippen LogP contribution in [0.3, 0.4) is 0 Å². The fraction of sp³-hybridized carbons (Fsp3) is 0.500. The summed E-state index contributed by atoms with van der Waals surface area (Å²) >= 11 is 0. The van der Waals surface area contributed by atoms with Crippen LogP contribution in [0.15, 0.2) is 24.3 Å². The molecule has 17 heavy (non-hydrogen) atoms. The Balaban J connectivity index is 2.09. The van der Waals surface area contributed by atoms with Gasteiger partial charge in [-0.05, 0) is 44.4 Å². The molecule has 1 atom stereocenters. The molecule has 3 heteroatoms. The molecule has 0 aromatic heterocycles. The number of rotatable bonds is 5. The first kappa shape index (κ1) is 12.1. The van der Waals surface area contributed by atoms with Crippen LogP contribution in [0.5, 0.6) is 0 Å². The van der Waals surface area contributed by atoms with Crippen molar-refractivity contribution in [3.63, 3.8) is 0 Å². The summed E-state index contributed by atoms with van der Waals surface area (Å²) < 4.78 is 0. The van der Waals surface area contributed by atoms with E-state index in [9.17, 15) is 4.79 Å². The summed E-state index contributed by atoms with van der Waals surface area (Å²) in [6, 6.07) is 7.79. The maximum atomic E-state index is 11.1. The quantitative estimate of drug-likeness (QED) is 0.850. The lowest BCUT2D eigenvalue weighted by Gasteiger charge is -2.25. The van der Waals surface area contributed by atoms with Crippen molar-refractivity contribution in [2.24, 2.45) is 5.92 Å². The monoisotopic (exact) mass is 233 g/mol. The third kappa shape index (κ3) is 2.86. The molecule has 0 aliphatic heterocycles. The number of aromatic carboxylic acids is 1. The van der Waals surface area contributed by atoms with E-state index in [2.05, 4.69) is 18.9 Å². The summed E-state index contributed by atoms with van der Waals surface area (Å²) in [4.78, 5) is 13.4. The molecule has 0 bridgehead atoms. The summed E-state index contributed by atoms with van der Waals surface area (Å²) in [5, 5.41) is 9.12. The van der Waals surface area contributed by atoms with E-state index in [1.165, 1.54) is 12.8 Å². The van der Waals surface area contributed by atoms with Crippen molar-refractivity contribution in [3.05, 3.63) is 35.4 Å². The maximum absolute atomic E-state index is 11.1. The van der Waals surface area contributed by atoms with Crippen molar-refractivity contribution in [1.29, 1.82) is 0 Å². The molecule has 0 saturated heterocycles. The average molecular weight is 233 g/mol. The second kappa shape index (κ2) is 4.88. The van der Waals surface area contributed by atoms with Crippen LogP contribution >= 0.6 is 0 Å². The van der Waals surface area contributed by atoms with Gasteiger partial charge < -0.3 is 5.11 Å². The molecule has 2 rings (SSSR count). The number of carboxylic acids is 1. The molecule has 1 aromatic rings.